The second kappa shape index (κ2) is 7.79. The van der Waals surface area contributed by atoms with Crippen LogP contribution in [-0.4, -0.2) is 66.2 Å². The molecule has 34 heavy (non-hydrogen) atoms. The molecule has 2 heterocycles. The molecule has 0 N–H and O–H groups in total. The summed E-state index contributed by atoms with van der Waals surface area (Å²) in [6.07, 6.45) is 2.23. The topological polar surface area (TPSA) is 108 Å². The van der Waals surface area contributed by atoms with Gasteiger partial charge in [-0.2, -0.15) is 13.2 Å². The van der Waals surface area contributed by atoms with Gasteiger partial charge in [0.15, 0.2) is 0 Å². The molecule has 1 saturated carbocycles. The Labute approximate surface area is 192 Å². The number of aromatic nitrogens is 1. The Hall–Kier alpha value is -3.48. The molecule has 1 saturated heterocycles. The molecule has 9 nitrogen and oxygen atoms in total. The first-order valence-electron chi connectivity index (χ1n) is 10.0. The van der Waals surface area contributed by atoms with Crippen molar-refractivity contribution < 1.29 is 36.0 Å². The fraction of sp³-hybridized carbons (Fsp3) is 0.333. The predicted molar refractivity (Wildman–Crippen MR) is 112 cm³/mol. The molecule has 4 amide bonds. The Bertz CT molecular complexity index is 1290. The molecule has 0 unspecified atom stereocenters. The number of nitrogens with zero attached hydrogens (tertiary/aromatic N) is 4. The molecule has 1 aliphatic heterocycles. The summed E-state index contributed by atoms with van der Waals surface area (Å²) in [4.78, 5) is 45.1. The van der Waals surface area contributed by atoms with Gasteiger partial charge in [-0.15, -0.1) is 0 Å². The van der Waals surface area contributed by atoms with Crippen LogP contribution in [0.2, 0.25) is 0 Å². The van der Waals surface area contributed by atoms with Crippen molar-refractivity contribution in [2.24, 2.45) is 0 Å². The van der Waals surface area contributed by atoms with Gasteiger partial charge in [-0.3, -0.25) is 14.6 Å². The van der Waals surface area contributed by atoms with Crippen LogP contribution < -0.4 is 4.90 Å². The number of urea groups is 1. The zero-order valence-electron chi connectivity index (χ0n) is 18.0. The molecule has 1 aromatic heterocycles. The van der Waals surface area contributed by atoms with E-state index in [0.717, 1.165) is 17.0 Å². The van der Waals surface area contributed by atoms with Crippen LogP contribution in [0.1, 0.15) is 28.9 Å². The number of imide groups is 1. The Morgan fingerprint density at radius 3 is 2.26 bits per heavy atom. The zero-order chi connectivity index (χ0) is 25.1. The Morgan fingerprint density at radius 2 is 1.74 bits per heavy atom. The molecule has 2 aromatic rings. The van der Waals surface area contributed by atoms with Crippen molar-refractivity contribution in [1.82, 2.24) is 14.8 Å². The maximum absolute atomic E-state index is 13.2. The highest BCUT2D eigenvalue weighted by molar-refractivity contribution is 7.92. The highest BCUT2D eigenvalue weighted by atomic mass is 32.2. The number of hydrogen-bond acceptors (Lipinski definition) is 6. The highest BCUT2D eigenvalue weighted by Gasteiger charge is 2.65. The maximum Gasteiger partial charge on any atom is 0.501 e. The third kappa shape index (κ3) is 3.69. The third-order valence-corrected chi connectivity index (χ3v) is 7.27. The van der Waals surface area contributed by atoms with Crippen molar-refractivity contribution in [3.63, 3.8) is 0 Å². The van der Waals surface area contributed by atoms with Crippen LogP contribution in [0.3, 0.4) is 0 Å². The molecule has 180 valence electrons. The molecule has 13 heteroatoms. The number of amides is 4. The van der Waals surface area contributed by atoms with E-state index in [-0.39, 0.29) is 23.8 Å². The minimum Gasteiger partial charge on any atom is -0.343 e. The van der Waals surface area contributed by atoms with Gasteiger partial charge in [0.25, 0.3) is 21.7 Å². The van der Waals surface area contributed by atoms with Crippen molar-refractivity contribution in [3.05, 3.63) is 53.9 Å². The average Bonchev–Trinajstić information content (AvgIpc) is 3.55. The van der Waals surface area contributed by atoms with Crippen LogP contribution in [0.25, 0.3) is 0 Å². The van der Waals surface area contributed by atoms with Crippen molar-refractivity contribution in [3.8, 4) is 0 Å². The molecule has 1 aliphatic carbocycles. The molecule has 1 aromatic carbocycles. The molecular formula is C21H19F3N4O5S. The summed E-state index contributed by atoms with van der Waals surface area (Å²) in [5.41, 5.74) is -5.85. The average molecular weight is 496 g/mol. The van der Waals surface area contributed by atoms with Gasteiger partial charge < -0.3 is 9.80 Å². The summed E-state index contributed by atoms with van der Waals surface area (Å²) in [6.45, 7) is 0.0117. The molecule has 0 radical (unpaired) electrons. The number of hydrogen-bond donors (Lipinski definition) is 0. The molecule has 2 aliphatic rings. The van der Waals surface area contributed by atoms with Gasteiger partial charge >= 0.3 is 11.5 Å². The molecular weight excluding hydrogens is 477 g/mol. The van der Waals surface area contributed by atoms with E-state index in [2.05, 4.69) is 4.98 Å². The SMILES string of the molecule is CN(C)C(=O)c1cc(CN2C(=O)N(c3ccc(S(=O)(=O)C(F)(F)F)cc3)C(=O)C23CC3)ccn1. The fourth-order valence-electron chi connectivity index (χ4n) is 3.77. The molecule has 0 bridgehead atoms. The van der Waals surface area contributed by atoms with E-state index in [0.29, 0.717) is 30.5 Å². The van der Waals surface area contributed by atoms with Gasteiger partial charge in [0.2, 0.25) is 0 Å². The van der Waals surface area contributed by atoms with Crippen LogP contribution in [-0.2, 0) is 21.2 Å². The van der Waals surface area contributed by atoms with Crippen LogP contribution in [0.4, 0.5) is 23.7 Å². The lowest BCUT2D eigenvalue weighted by atomic mass is 10.1. The first kappa shape index (κ1) is 23.7. The van der Waals surface area contributed by atoms with Gasteiger partial charge in [-0.1, -0.05) is 0 Å². The number of alkyl halides is 3. The van der Waals surface area contributed by atoms with Gasteiger partial charge in [-0.05, 0) is 54.8 Å². The van der Waals surface area contributed by atoms with E-state index >= 15 is 0 Å². The summed E-state index contributed by atoms with van der Waals surface area (Å²) in [5, 5.41) is 0. The van der Waals surface area contributed by atoms with Crippen molar-refractivity contribution in [2.75, 3.05) is 19.0 Å². The number of rotatable bonds is 5. The summed E-state index contributed by atoms with van der Waals surface area (Å²) < 4.78 is 61.6. The normalized spacial score (nSPS) is 17.4. The number of anilines is 1. The monoisotopic (exact) mass is 496 g/mol. The van der Waals surface area contributed by atoms with Crippen LogP contribution in [0, 0.1) is 0 Å². The predicted octanol–water partition coefficient (Wildman–Crippen LogP) is 2.58. The maximum atomic E-state index is 13.2. The first-order chi connectivity index (χ1) is 15.8. The summed E-state index contributed by atoms with van der Waals surface area (Å²) >= 11 is 0. The molecule has 4 rings (SSSR count). The minimum absolute atomic E-state index is 0.0117. The summed E-state index contributed by atoms with van der Waals surface area (Å²) in [5.74, 6) is -0.870. The van der Waals surface area contributed by atoms with Crippen LogP contribution >= 0.6 is 0 Å². The Kier molecular flexibility index (Phi) is 5.42. The summed E-state index contributed by atoms with van der Waals surface area (Å²) in [6, 6.07) is 5.86. The van der Waals surface area contributed by atoms with E-state index < -0.39 is 37.7 Å². The van der Waals surface area contributed by atoms with E-state index in [1.807, 2.05) is 0 Å². The first-order valence-corrected chi connectivity index (χ1v) is 11.5. The van der Waals surface area contributed by atoms with Crippen LogP contribution in [0.5, 0.6) is 0 Å². The molecule has 0 atom stereocenters. The smallest absolute Gasteiger partial charge is 0.343 e. The van der Waals surface area contributed by atoms with Crippen molar-refractivity contribution in [2.45, 2.75) is 35.3 Å². The number of pyridine rings is 1. The van der Waals surface area contributed by atoms with Gasteiger partial charge in [0, 0.05) is 26.8 Å². The lowest BCUT2D eigenvalue weighted by molar-refractivity contribution is -0.120. The van der Waals surface area contributed by atoms with E-state index in [4.69, 9.17) is 0 Å². The fourth-order valence-corrected chi connectivity index (χ4v) is 4.53. The minimum atomic E-state index is -5.56. The second-order valence-electron chi connectivity index (χ2n) is 8.23. The zero-order valence-corrected chi connectivity index (χ0v) is 18.9. The van der Waals surface area contributed by atoms with Crippen molar-refractivity contribution in [1.29, 1.82) is 0 Å². The summed E-state index contributed by atoms with van der Waals surface area (Å²) in [7, 11) is -2.42. The largest absolute Gasteiger partial charge is 0.501 e. The Morgan fingerprint density at radius 1 is 1.12 bits per heavy atom. The van der Waals surface area contributed by atoms with Crippen molar-refractivity contribution >= 4 is 33.4 Å². The molecule has 1 spiro atoms. The van der Waals surface area contributed by atoms with Gasteiger partial charge in [-0.25, -0.2) is 18.1 Å². The second-order valence-corrected chi connectivity index (χ2v) is 10.2. The quantitative estimate of drug-likeness (QED) is 0.589. The lowest BCUT2D eigenvalue weighted by Crippen LogP contribution is -2.36. The Balaban J connectivity index is 1.62. The van der Waals surface area contributed by atoms with E-state index in [1.54, 1.807) is 20.2 Å². The number of carbonyl (C=O) groups excluding carboxylic acids is 3. The number of sulfone groups is 1. The number of halogens is 3. The van der Waals surface area contributed by atoms with E-state index in [1.165, 1.54) is 22.1 Å². The molecule has 2 fully saturated rings. The van der Waals surface area contributed by atoms with Gasteiger partial charge in [0.05, 0.1) is 10.6 Å². The standard InChI is InChI=1S/C21H19F3N4O5S/c1-26(2)17(29)16-11-13(7-10-25-16)12-27-19(31)28(18(30)20(27)8-9-20)14-3-5-15(6-4-14)34(32,33)21(22,23)24/h3-7,10-11H,8-9,12H2,1-2H3. The highest BCUT2D eigenvalue weighted by Crippen LogP contribution is 2.49. The van der Waals surface area contributed by atoms with Crippen LogP contribution in [0.15, 0.2) is 47.5 Å². The van der Waals surface area contributed by atoms with Gasteiger partial charge in [0.1, 0.15) is 11.2 Å². The third-order valence-electron chi connectivity index (χ3n) is 5.76. The lowest BCUT2D eigenvalue weighted by Gasteiger charge is -2.21. The number of benzene rings is 1. The number of carbonyl (C=O) groups is 3. The van der Waals surface area contributed by atoms with E-state index in [9.17, 15) is 36.0 Å².